The summed E-state index contributed by atoms with van der Waals surface area (Å²) in [4.78, 5) is 10.8. The molecule has 2 nitrogen and oxygen atoms in total. The average molecular weight is 244 g/mol. The molecule has 0 aromatic heterocycles. The molecule has 0 unspecified atom stereocenters. The molecule has 0 atom stereocenters. The summed E-state index contributed by atoms with van der Waals surface area (Å²) >= 11 is 5.10. The van der Waals surface area contributed by atoms with Crippen molar-refractivity contribution in [3.05, 3.63) is 0 Å². The summed E-state index contributed by atoms with van der Waals surface area (Å²) in [6.45, 7) is 4.06. The number of rotatable bonds is 4. The number of carbonyl (C=O) groups is 1. The Morgan fingerprint density at radius 2 is 1.80 bits per heavy atom. The van der Waals surface area contributed by atoms with Crippen molar-refractivity contribution in [2.24, 2.45) is 0 Å². The van der Waals surface area contributed by atoms with Gasteiger partial charge < -0.3 is 0 Å². The van der Waals surface area contributed by atoms with E-state index in [-0.39, 0.29) is 4.81 Å². The third-order valence-electron chi connectivity index (χ3n) is 0.649. The van der Waals surface area contributed by atoms with Gasteiger partial charge in [0, 0.05) is 0 Å². The van der Waals surface area contributed by atoms with E-state index >= 15 is 0 Å². The maximum atomic E-state index is 10.8. The van der Waals surface area contributed by atoms with Gasteiger partial charge in [-0.05, 0) is 0 Å². The first-order valence-corrected chi connectivity index (χ1v) is 5.83. The minimum absolute atomic E-state index is 0.0613. The molecule has 1 amide bonds. The fourth-order valence-electron chi connectivity index (χ4n) is 0.382. The molecule has 0 bridgehead atoms. The predicted molar refractivity (Wildman–Crippen MR) is 50.6 cm³/mol. The van der Waals surface area contributed by atoms with Crippen molar-refractivity contribution in [2.45, 2.75) is 13.8 Å². The van der Waals surface area contributed by atoms with Gasteiger partial charge in [0.1, 0.15) is 0 Å². The predicted octanol–water partition coefficient (Wildman–Crippen LogP) is 1.65. The molecule has 0 aliphatic carbocycles. The van der Waals surface area contributed by atoms with Crippen LogP contribution in [0.3, 0.4) is 0 Å². The van der Waals surface area contributed by atoms with Gasteiger partial charge >= 0.3 is 78.6 Å². The molecule has 10 heavy (non-hydrogen) atoms. The number of hydrogen-bond donors (Lipinski definition) is 0. The van der Waals surface area contributed by atoms with Crippen molar-refractivity contribution in [2.75, 3.05) is 11.5 Å². The van der Waals surface area contributed by atoms with Crippen molar-refractivity contribution in [3.8, 4) is 0 Å². The molecule has 0 aromatic carbocycles. The summed E-state index contributed by atoms with van der Waals surface area (Å²) in [5.74, 6) is 1.88. The normalized spacial score (nSPS) is 9.50. The van der Waals surface area contributed by atoms with E-state index in [9.17, 15) is 4.79 Å². The van der Waals surface area contributed by atoms with E-state index in [1.165, 1.54) is 0 Å². The molecule has 0 radical (unpaired) electrons. The van der Waals surface area contributed by atoms with E-state index in [1.807, 2.05) is 29.9 Å². The number of amides is 1. The Hall–Kier alpha value is 0.689. The molecule has 0 spiro atoms. The van der Waals surface area contributed by atoms with Crippen LogP contribution in [0.25, 0.3) is 0 Å². The van der Waals surface area contributed by atoms with E-state index in [0.29, 0.717) is 0 Å². The van der Waals surface area contributed by atoms with Crippen LogP contribution >= 0.6 is 23.9 Å². The molecular weight excluding hydrogens is 233 g/mol. The second-order valence-corrected chi connectivity index (χ2v) is 4.81. The first kappa shape index (κ1) is 10.7. The fourth-order valence-corrected chi connectivity index (χ4v) is 2.73. The van der Waals surface area contributed by atoms with Crippen LogP contribution in [0.1, 0.15) is 13.8 Å². The molecule has 0 N–H and O–H groups in total. The Bertz CT molecular complexity index is 106. The van der Waals surface area contributed by atoms with E-state index in [0.717, 1.165) is 11.5 Å². The standard InChI is InChI=1S/C5H11NOS2Se/c1-3-8-6(5(7)10)9-4-2/h3-4H2,1-2H3,(H,7,10). The van der Waals surface area contributed by atoms with Gasteiger partial charge in [0.2, 0.25) is 0 Å². The zero-order chi connectivity index (χ0) is 7.98. The van der Waals surface area contributed by atoms with Crippen molar-refractivity contribution >= 4 is 44.7 Å². The molecule has 0 saturated heterocycles. The topological polar surface area (TPSA) is 20.3 Å². The molecule has 0 fully saturated rings. The molecule has 0 rings (SSSR count). The summed E-state index contributed by atoms with van der Waals surface area (Å²) in [5.41, 5.74) is 0. The zero-order valence-corrected chi connectivity index (χ0v) is 9.54. The van der Waals surface area contributed by atoms with Crippen molar-refractivity contribution < 1.29 is 4.79 Å². The summed E-state index contributed by atoms with van der Waals surface area (Å²) in [7, 11) is 0. The summed E-state index contributed by atoms with van der Waals surface area (Å²) in [6, 6.07) is 0. The second kappa shape index (κ2) is 6.40. The third kappa shape index (κ3) is 4.50. The Morgan fingerprint density at radius 3 is 2.00 bits per heavy atom. The molecule has 0 heterocycles. The van der Waals surface area contributed by atoms with Crippen LogP contribution in [0.15, 0.2) is 0 Å². The number of nitrogens with zero attached hydrogens (tertiary/aromatic N) is 1. The summed E-state index contributed by atoms with van der Waals surface area (Å²) in [5, 5.41) is 0. The van der Waals surface area contributed by atoms with Crippen molar-refractivity contribution in [3.63, 3.8) is 0 Å². The Balaban J connectivity index is 3.61. The van der Waals surface area contributed by atoms with Gasteiger partial charge in [-0.3, -0.25) is 0 Å². The molecule has 0 aliphatic heterocycles. The van der Waals surface area contributed by atoms with E-state index in [1.54, 1.807) is 27.6 Å². The maximum absolute atomic E-state index is 10.8. The van der Waals surface area contributed by atoms with Gasteiger partial charge in [0.25, 0.3) is 0 Å². The second-order valence-electron chi connectivity index (χ2n) is 1.38. The van der Waals surface area contributed by atoms with Crippen LogP contribution in [0.2, 0.25) is 0 Å². The van der Waals surface area contributed by atoms with E-state index < -0.39 is 0 Å². The molecule has 0 aliphatic rings. The quantitative estimate of drug-likeness (QED) is 0.554. The first-order valence-electron chi connectivity index (χ1n) is 3.01. The monoisotopic (exact) mass is 245 g/mol. The van der Waals surface area contributed by atoms with Gasteiger partial charge in [-0.25, -0.2) is 0 Å². The summed E-state index contributed by atoms with van der Waals surface area (Å²) < 4.78 is 1.69. The van der Waals surface area contributed by atoms with Crippen LogP contribution < -0.4 is 0 Å². The first-order chi connectivity index (χ1) is 4.72. The van der Waals surface area contributed by atoms with Crippen LogP contribution in [0.4, 0.5) is 4.79 Å². The number of carbonyl (C=O) groups excluding carboxylic acids is 1. The minimum atomic E-state index is 0.0613. The fraction of sp³-hybridized carbons (Fsp3) is 0.800. The Morgan fingerprint density at radius 1 is 1.40 bits per heavy atom. The van der Waals surface area contributed by atoms with Gasteiger partial charge in [-0.15, -0.1) is 0 Å². The number of hydrogen-bond acceptors (Lipinski definition) is 3. The van der Waals surface area contributed by atoms with E-state index in [2.05, 4.69) is 0 Å². The van der Waals surface area contributed by atoms with Crippen molar-refractivity contribution in [1.82, 2.24) is 3.71 Å². The van der Waals surface area contributed by atoms with Crippen LogP contribution in [-0.2, 0) is 0 Å². The molecule has 5 heteroatoms. The molecule has 60 valence electrons. The Labute approximate surface area is 78.6 Å². The zero-order valence-electron chi connectivity index (χ0n) is 6.03. The Kier molecular flexibility index (Phi) is 6.84. The molecule has 0 aromatic rings. The van der Waals surface area contributed by atoms with Crippen LogP contribution in [-0.4, -0.2) is 36.0 Å². The molecule has 0 saturated carbocycles. The van der Waals surface area contributed by atoms with Gasteiger partial charge in [-0.1, -0.05) is 0 Å². The van der Waals surface area contributed by atoms with Gasteiger partial charge in [0.05, 0.1) is 0 Å². The van der Waals surface area contributed by atoms with Crippen LogP contribution in [0.5, 0.6) is 0 Å². The van der Waals surface area contributed by atoms with Crippen LogP contribution in [0, 0.1) is 0 Å². The van der Waals surface area contributed by atoms with Crippen molar-refractivity contribution in [1.29, 1.82) is 0 Å². The van der Waals surface area contributed by atoms with Gasteiger partial charge in [0.15, 0.2) is 0 Å². The SMILES string of the molecule is CCSN(SCC)C(=O)[SeH]. The molecular formula is C5H11NOS2Se. The average Bonchev–Trinajstić information content (AvgIpc) is 1.87. The summed E-state index contributed by atoms with van der Waals surface area (Å²) in [6.07, 6.45) is 0. The van der Waals surface area contributed by atoms with Gasteiger partial charge in [-0.2, -0.15) is 0 Å². The van der Waals surface area contributed by atoms with E-state index in [4.69, 9.17) is 0 Å². The third-order valence-corrected chi connectivity index (χ3v) is 3.61.